The number of methoxy groups -OCH3 is 1. The number of carbonyl (C=O) groups excluding carboxylic acids is 1. The van der Waals surface area contributed by atoms with Gasteiger partial charge in [-0.1, -0.05) is 35.6 Å². The molecule has 0 bridgehead atoms. The second-order valence-electron chi connectivity index (χ2n) is 7.08. The molecule has 0 spiro atoms. The van der Waals surface area contributed by atoms with Gasteiger partial charge in [-0.3, -0.25) is 9.69 Å². The lowest BCUT2D eigenvalue weighted by Gasteiger charge is -2.18. The first kappa shape index (κ1) is 21.5. The number of fused-ring (bicyclic) bond motifs is 1. The van der Waals surface area contributed by atoms with E-state index in [-0.39, 0.29) is 5.91 Å². The van der Waals surface area contributed by atoms with Gasteiger partial charge in [0.05, 0.1) is 24.6 Å². The second kappa shape index (κ2) is 10.0. The van der Waals surface area contributed by atoms with Crippen LogP contribution in [0, 0.1) is 6.92 Å². The molecule has 2 heterocycles. The fourth-order valence-electron chi connectivity index (χ4n) is 3.26. The Morgan fingerprint density at radius 3 is 2.74 bits per heavy atom. The molecule has 0 radical (unpaired) electrons. The van der Waals surface area contributed by atoms with Crippen molar-refractivity contribution in [3.63, 3.8) is 0 Å². The predicted molar refractivity (Wildman–Crippen MR) is 127 cm³/mol. The normalized spacial score (nSPS) is 11.0. The van der Waals surface area contributed by atoms with Crippen LogP contribution in [-0.2, 0) is 11.3 Å². The molecule has 0 aliphatic rings. The predicted octanol–water partition coefficient (Wildman–Crippen LogP) is 6.31. The van der Waals surface area contributed by atoms with Crippen molar-refractivity contribution in [2.45, 2.75) is 31.2 Å². The lowest BCUT2D eigenvalue weighted by Crippen LogP contribution is -2.30. The number of thioether (sulfide) groups is 1. The summed E-state index contributed by atoms with van der Waals surface area (Å²) in [6, 6.07) is 17.9. The van der Waals surface area contributed by atoms with Crippen molar-refractivity contribution >= 4 is 44.4 Å². The monoisotopic (exact) mass is 452 g/mol. The molecule has 1 amide bonds. The minimum Gasteiger partial charge on any atom is -0.494 e. The van der Waals surface area contributed by atoms with Gasteiger partial charge in [-0.15, -0.1) is 11.8 Å². The molecule has 0 N–H and O–H groups in total. The van der Waals surface area contributed by atoms with Gasteiger partial charge in [-0.25, -0.2) is 4.98 Å². The van der Waals surface area contributed by atoms with Crippen molar-refractivity contribution in [2.75, 3.05) is 17.8 Å². The number of aryl methyl sites for hydroxylation is 1. The van der Waals surface area contributed by atoms with Crippen molar-refractivity contribution < 1.29 is 13.9 Å². The molecule has 2 aromatic carbocycles. The zero-order valence-electron chi connectivity index (χ0n) is 17.5. The van der Waals surface area contributed by atoms with E-state index in [4.69, 9.17) is 14.1 Å². The van der Waals surface area contributed by atoms with Gasteiger partial charge in [0.15, 0.2) is 5.13 Å². The largest absolute Gasteiger partial charge is 0.494 e. The van der Waals surface area contributed by atoms with Crippen molar-refractivity contribution in [1.29, 1.82) is 0 Å². The Morgan fingerprint density at radius 1 is 1.16 bits per heavy atom. The lowest BCUT2D eigenvalue weighted by atomic mass is 10.2. The van der Waals surface area contributed by atoms with Crippen LogP contribution in [0.15, 0.2) is 70.2 Å². The van der Waals surface area contributed by atoms with E-state index >= 15 is 0 Å². The molecule has 0 aliphatic heterocycles. The van der Waals surface area contributed by atoms with Gasteiger partial charge in [0.25, 0.3) is 0 Å². The fourth-order valence-corrected chi connectivity index (χ4v) is 5.21. The second-order valence-corrected chi connectivity index (χ2v) is 9.23. The molecule has 2 aromatic heterocycles. The maximum atomic E-state index is 13.2. The first-order chi connectivity index (χ1) is 15.2. The van der Waals surface area contributed by atoms with Crippen LogP contribution >= 0.6 is 23.1 Å². The van der Waals surface area contributed by atoms with Crippen LogP contribution in [-0.4, -0.2) is 23.8 Å². The Bertz CT molecular complexity index is 1140. The van der Waals surface area contributed by atoms with Crippen molar-refractivity contribution in [3.8, 4) is 5.75 Å². The van der Waals surface area contributed by atoms with Gasteiger partial charge in [0.2, 0.25) is 5.91 Å². The van der Waals surface area contributed by atoms with Gasteiger partial charge >= 0.3 is 0 Å². The molecule has 0 saturated carbocycles. The molecule has 5 nitrogen and oxygen atoms in total. The average molecular weight is 453 g/mol. The van der Waals surface area contributed by atoms with Crippen LogP contribution in [0.5, 0.6) is 5.75 Å². The number of hydrogen-bond donors (Lipinski definition) is 0. The number of rotatable bonds is 9. The minimum atomic E-state index is 0.0423. The Morgan fingerprint density at radius 2 is 2.00 bits per heavy atom. The Kier molecular flexibility index (Phi) is 6.94. The molecule has 4 rings (SSSR count). The standard InChI is InChI=1S/C24H24N2O3S2/c1-17-12-13-20(28-2)22-23(17)31-24(25-22)26(16-18-8-6-14-29-18)21(27)11-7-15-30-19-9-4-3-5-10-19/h3-6,8-10,12-14H,7,11,15-16H2,1-2H3. The summed E-state index contributed by atoms with van der Waals surface area (Å²) in [5.41, 5.74) is 1.91. The highest BCUT2D eigenvalue weighted by Crippen LogP contribution is 2.37. The molecule has 0 fully saturated rings. The quantitative estimate of drug-likeness (QED) is 0.220. The van der Waals surface area contributed by atoms with Crippen LogP contribution < -0.4 is 9.64 Å². The van der Waals surface area contributed by atoms with Gasteiger partial charge in [0.1, 0.15) is 17.0 Å². The molecular formula is C24H24N2O3S2. The Labute approximate surface area is 190 Å². The van der Waals surface area contributed by atoms with Crippen LogP contribution in [0.4, 0.5) is 5.13 Å². The maximum Gasteiger partial charge on any atom is 0.229 e. The highest BCUT2D eigenvalue weighted by Gasteiger charge is 2.22. The number of aromatic nitrogens is 1. The molecular weight excluding hydrogens is 428 g/mol. The topological polar surface area (TPSA) is 55.6 Å². The summed E-state index contributed by atoms with van der Waals surface area (Å²) in [6.45, 7) is 2.40. The van der Waals surface area contributed by atoms with E-state index in [0.29, 0.717) is 23.8 Å². The van der Waals surface area contributed by atoms with E-state index in [2.05, 4.69) is 12.1 Å². The zero-order chi connectivity index (χ0) is 21.6. The van der Waals surface area contributed by atoms with E-state index in [1.807, 2.05) is 49.4 Å². The Hall–Kier alpha value is -2.77. The third-order valence-corrected chi connectivity index (χ3v) is 7.20. The third-order valence-electron chi connectivity index (χ3n) is 4.88. The summed E-state index contributed by atoms with van der Waals surface area (Å²) in [5, 5.41) is 0.666. The van der Waals surface area contributed by atoms with E-state index in [0.717, 1.165) is 33.7 Å². The smallest absolute Gasteiger partial charge is 0.229 e. The van der Waals surface area contributed by atoms with Gasteiger partial charge < -0.3 is 9.15 Å². The summed E-state index contributed by atoms with van der Waals surface area (Å²) in [4.78, 5) is 20.9. The summed E-state index contributed by atoms with van der Waals surface area (Å²) in [7, 11) is 1.64. The SMILES string of the molecule is COc1ccc(C)c2sc(N(Cc3ccco3)C(=O)CCCSc3ccccc3)nc12. The number of thiazole rings is 1. The number of nitrogens with zero attached hydrogens (tertiary/aromatic N) is 2. The average Bonchev–Trinajstić information content (AvgIpc) is 3.46. The van der Waals surface area contributed by atoms with Crippen LogP contribution in [0.25, 0.3) is 10.2 Å². The number of carbonyl (C=O) groups is 1. The molecule has 4 aromatic rings. The summed E-state index contributed by atoms with van der Waals surface area (Å²) in [6.07, 6.45) is 2.87. The van der Waals surface area contributed by atoms with Crippen molar-refractivity contribution in [1.82, 2.24) is 4.98 Å². The molecule has 7 heteroatoms. The van der Waals surface area contributed by atoms with E-state index in [1.54, 1.807) is 30.0 Å². The number of furan rings is 1. The molecule has 160 valence electrons. The van der Waals surface area contributed by atoms with Crippen LogP contribution in [0.1, 0.15) is 24.2 Å². The molecule has 0 atom stereocenters. The Balaban J connectivity index is 1.52. The zero-order valence-corrected chi connectivity index (χ0v) is 19.2. The first-order valence-corrected chi connectivity index (χ1v) is 11.9. The number of ether oxygens (including phenoxy) is 1. The molecule has 0 saturated heterocycles. The number of anilines is 1. The summed E-state index contributed by atoms with van der Waals surface area (Å²) >= 11 is 3.28. The summed E-state index contributed by atoms with van der Waals surface area (Å²) in [5.74, 6) is 2.38. The van der Waals surface area contributed by atoms with E-state index < -0.39 is 0 Å². The fraction of sp³-hybridized carbons (Fsp3) is 0.250. The van der Waals surface area contributed by atoms with Gasteiger partial charge in [0, 0.05) is 11.3 Å². The number of hydrogen-bond acceptors (Lipinski definition) is 6. The van der Waals surface area contributed by atoms with E-state index in [9.17, 15) is 4.79 Å². The van der Waals surface area contributed by atoms with Gasteiger partial charge in [-0.05, 0) is 55.0 Å². The highest BCUT2D eigenvalue weighted by atomic mass is 32.2. The molecule has 31 heavy (non-hydrogen) atoms. The van der Waals surface area contributed by atoms with Crippen molar-refractivity contribution in [2.24, 2.45) is 0 Å². The maximum absolute atomic E-state index is 13.2. The van der Waals surface area contributed by atoms with Crippen LogP contribution in [0.2, 0.25) is 0 Å². The lowest BCUT2D eigenvalue weighted by molar-refractivity contribution is -0.118. The third kappa shape index (κ3) is 5.11. The van der Waals surface area contributed by atoms with Crippen LogP contribution in [0.3, 0.4) is 0 Å². The highest BCUT2D eigenvalue weighted by molar-refractivity contribution is 7.99. The van der Waals surface area contributed by atoms with Gasteiger partial charge in [-0.2, -0.15) is 0 Å². The minimum absolute atomic E-state index is 0.0423. The van der Waals surface area contributed by atoms with E-state index in [1.165, 1.54) is 16.2 Å². The molecule has 0 aliphatic carbocycles. The molecule has 0 unspecified atom stereocenters. The summed E-state index contributed by atoms with van der Waals surface area (Å²) < 4.78 is 12.0. The number of benzene rings is 2. The number of amides is 1. The van der Waals surface area contributed by atoms with Crippen molar-refractivity contribution in [3.05, 3.63) is 72.2 Å². The first-order valence-electron chi connectivity index (χ1n) is 10.1.